The zero-order valence-electron chi connectivity index (χ0n) is 12.1. The standard InChI is InChI=1S/C17H19F2NO/c1-10-3-4-12(7-11(10)2)15(9-20)17(21)14-6-5-13(18)8-16(14)19/h3-8,15,17,21H,9,20H2,1-2H3. The number of aryl methyl sites for hydroxylation is 2. The highest BCUT2D eigenvalue weighted by molar-refractivity contribution is 5.34. The summed E-state index contributed by atoms with van der Waals surface area (Å²) in [6, 6.07) is 8.93. The summed E-state index contributed by atoms with van der Waals surface area (Å²) in [5, 5.41) is 10.4. The van der Waals surface area contributed by atoms with E-state index in [1.54, 1.807) is 0 Å². The molecule has 0 aliphatic heterocycles. The second-order valence-corrected chi connectivity index (χ2v) is 5.30. The van der Waals surface area contributed by atoms with E-state index < -0.39 is 23.7 Å². The number of halogens is 2. The molecule has 21 heavy (non-hydrogen) atoms. The second kappa shape index (κ2) is 6.33. The van der Waals surface area contributed by atoms with E-state index >= 15 is 0 Å². The molecule has 0 saturated carbocycles. The molecule has 0 spiro atoms. The van der Waals surface area contributed by atoms with Crippen molar-refractivity contribution in [2.24, 2.45) is 5.73 Å². The van der Waals surface area contributed by atoms with Crippen molar-refractivity contribution >= 4 is 0 Å². The molecule has 2 unspecified atom stereocenters. The number of nitrogens with two attached hydrogens (primary N) is 1. The van der Waals surface area contributed by atoms with Crippen LogP contribution in [0.5, 0.6) is 0 Å². The number of benzene rings is 2. The summed E-state index contributed by atoms with van der Waals surface area (Å²) in [7, 11) is 0. The lowest BCUT2D eigenvalue weighted by Gasteiger charge is -2.23. The number of aliphatic hydroxyl groups is 1. The normalized spacial score (nSPS) is 14.0. The number of hydrogen-bond donors (Lipinski definition) is 2. The summed E-state index contributed by atoms with van der Waals surface area (Å²) < 4.78 is 26.8. The van der Waals surface area contributed by atoms with Gasteiger partial charge in [0.15, 0.2) is 0 Å². The minimum Gasteiger partial charge on any atom is -0.388 e. The molecule has 0 aromatic heterocycles. The van der Waals surface area contributed by atoms with Crippen LogP contribution in [0.1, 0.15) is 34.3 Å². The number of aliphatic hydroxyl groups excluding tert-OH is 1. The van der Waals surface area contributed by atoms with Gasteiger partial charge < -0.3 is 10.8 Å². The molecule has 2 rings (SSSR count). The van der Waals surface area contributed by atoms with Crippen LogP contribution in [0.25, 0.3) is 0 Å². The first-order valence-electron chi connectivity index (χ1n) is 6.84. The van der Waals surface area contributed by atoms with E-state index in [4.69, 9.17) is 5.73 Å². The predicted octanol–water partition coefficient (Wildman–Crippen LogP) is 3.36. The van der Waals surface area contributed by atoms with Crippen LogP contribution in [-0.2, 0) is 0 Å². The average molecular weight is 291 g/mol. The van der Waals surface area contributed by atoms with Gasteiger partial charge in [0.1, 0.15) is 11.6 Å². The van der Waals surface area contributed by atoms with Crippen molar-refractivity contribution in [3.8, 4) is 0 Å². The van der Waals surface area contributed by atoms with E-state index in [0.717, 1.165) is 28.8 Å². The Bertz CT molecular complexity index is 643. The largest absolute Gasteiger partial charge is 0.388 e. The van der Waals surface area contributed by atoms with Crippen LogP contribution in [0, 0.1) is 25.5 Å². The van der Waals surface area contributed by atoms with Gasteiger partial charge in [-0.15, -0.1) is 0 Å². The van der Waals surface area contributed by atoms with Gasteiger partial charge in [-0.1, -0.05) is 24.3 Å². The van der Waals surface area contributed by atoms with Crippen LogP contribution in [0.15, 0.2) is 36.4 Å². The second-order valence-electron chi connectivity index (χ2n) is 5.30. The molecule has 2 nitrogen and oxygen atoms in total. The maximum absolute atomic E-state index is 13.8. The minimum absolute atomic E-state index is 0.0603. The van der Waals surface area contributed by atoms with E-state index in [0.29, 0.717) is 0 Å². The molecular formula is C17H19F2NO. The van der Waals surface area contributed by atoms with Gasteiger partial charge >= 0.3 is 0 Å². The van der Waals surface area contributed by atoms with Crippen LogP contribution >= 0.6 is 0 Å². The molecule has 0 saturated heterocycles. The first-order valence-corrected chi connectivity index (χ1v) is 6.84. The highest BCUT2D eigenvalue weighted by atomic mass is 19.1. The van der Waals surface area contributed by atoms with Crippen LogP contribution in [0.2, 0.25) is 0 Å². The number of hydrogen-bond acceptors (Lipinski definition) is 2. The van der Waals surface area contributed by atoms with Gasteiger partial charge in [0, 0.05) is 24.1 Å². The molecule has 0 fully saturated rings. The van der Waals surface area contributed by atoms with E-state index in [1.807, 2.05) is 32.0 Å². The molecule has 0 bridgehead atoms. The Morgan fingerprint density at radius 3 is 2.33 bits per heavy atom. The van der Waals surface area contributed by atoms with Crippen LogP contribution in [-0.4, -0.2) is 11.7 Å². The van der Waals surface area contributed by atoms with Crippen molar-refractivity contribution in [3.63, 3.8) is 0 Å². The zero-order valence-corrected chi connectivity index (χ0v) is 12.1. The third-order valence-corrected chi connectivity index (χ3v) is 3.88. The summed E-state index contributed by atoms with van der Waals surface area (Å²) in [4.78, 5) is 0. The van der Waals surface area contributed by atoms with Gasteiger partial charge in [0.25, 0.3) is 0 Å². The molecule has 0 aliphatic rings. The molecule has 112 valence electrons. The number of rotatable bonds is 4. The average Bonchev–Trinajstić information content (AvgIpc) is 2.43. The van der Waals surface area contributed by atoms with Gasteiger partial charge in [-0.25, -0.2) is 8.78 Å². The maximum atomic E-state index is 13.8. The Hall–Kier alpha value is -1.78. The van der Waals surface area contributed by atoms with Gasteiger partial charge in [0.05, 0.1) is 6.10 Å². The first kappa shape index (κ1) is 15.6. The molecule has 0 amide bonds. The summed E-state index contributed by atoms with van der Waals surface area (Å²) in [5.41, 5.74) is 8.88. The lowest BCUT2D eigenvalue weighted by atomic mass is 9.87. The third-order valence-electron chi connectivity index (χ3n) is 3.88. The Labute approximate surface area is 123 Å². The predicted molar refractivity (Wildman–Crippen MR) is 79.0 cm³/mol. The zero-order chi connectivity index (χ0) is 15.6. The topological polar surface area (TPSA) is 46.2 Å². The SMILES string of the molecule is Cc1ccc(C(CN)C(O)c2ccc(F)cc2F)cc1C. The van der Waals surface area contributed by atoms with Gasteiger partial charge in [0.2, 0.25) is 0 Å². The summed E-state index contributed by atoms with van der Waals surface area (Å²) in [6.07, 6.45) is -1.11. The van der Waals surface area contributed by atoms with E-state index in [1.165, 1.54) is 6.07 Å². The smallest absolute Gasteiger partial charge is 0.131 e. The van der Waals surface area contributed by atoms with Crippen LogP contribution in [0.4, 0.5) is 8.78 Å². The lowest BCUT2D eigenvalue weighted by Crippen LogP contribution is -2.21. The van der Waals surface area contributed by atoms with Crippen molar-refractivity contribution < 1.29 is 13.9 Å². The van der Waals surface area contributed by atoms with Crippen molar-refractivity contribution in [3.05, 3.63) is 70.3 Å². The molecule has 4 heteroatoms. The molecule has 2 aromatic rings. The monoisotopic (exact) mass is 291 g/mol. The fourth-order valence-electron chi connectivity index (χ4n) is 2.40. The highest BCUT2D eigenvalue weighted by Crippen LogP contribution is 2.32. The van der Waals surface area contributed by atoms with Gasteiger partial charge in [-0.2, -0.15) is 0 Å². The lowest BCUT2D eigenvalue weighted by molar-refractivity contribution is 0.143. The molecule has 0 heterocycles. The Morgan fingerprint density at radius 2 is 1.76 bits per heavy atom. The Morgan fingerprint density at radius 1 is 1.05 bits per heavy atom. The Kier molecular flexibility index (Phi) is 4.70. The molecule has 3 N–H and O–H groups in total. The fourth-order valence-corrected chi connectivity index (χ4v) is 2.40. The minimum atomic E-state index is -1.11. The molecular weight excluding hydrogens is 272 g/mol. The summed E-state index contributed by atoms with van der Waals surface area (Å²) in [6.45, 7) is 4.13. The van der Waals surface area contributed by atoms with Crippen molar-refractivity contribution in [2.75, 3.05) is 6.54 Å². The van der Waals surface area contributed by atoms with Crippen LogP contribution in [0.3, 0.4) is 0 Å². The van der Waals surface area contributed by atoms with E-state index in [2.05, 4.69) is 0 Å². The van der Waals surface area contributed by atoms with Crippen molar-refractivity contribution in [1.82, 2.24) is 0 Å². The molecule has 0 aliphatic carbocycles. The maximum Gasteiger partial charge on any atom is 0.131 e. The summed E-state index contributed by atoms with van der Waals surface area (Å²) in [5.74, 6) is -1.87. The van der Waals surface area contributed by atoms with Gasteiger partial charge in [-0.05, 0) is 36.6 Å². The van der Waals surface area contributed by atoms with Crippen molar-refractivity contribution in [2.45, 2.75) is 25.9 Å². The quantitative estimate of drug-likeness (QED) is 0.907. The first-order chi connectivity index (χ1) is 9.93. The van der Waals surface area contributed by atoms with Gasteiger partial charge in [-0.3, -0.25) is 0 Å². The van der Waals surface area contributed by atoms with Crippen molar-refractivity contribution in [1.29, 1.82) is 0 Å². The molecule has 2 aromatic carbocycles. The Balaban J connectivity index is 2.37. The molecule has 0 radical (unpaired) electrons. The fraction of sp³-hybridized carbons (Fsp3) is 0.294. The molecule has 2 atom stereocenters. The highest BCUT2D eigenvalue weighted by Gasteiger charge is 2.24. The third kappa shape index (κ3) is 3.28. The summed E-state index contributed by atoms with van der Waals surface area (Å²) >= 11 is 0. The van der Waals surface area contributed by atoms with E-state index in [-0.39, 0.29) is 12.1 Å². The van der Waals surface area contributed by atoms with Crippen LogP contribution < -0.4 is 5.73 Å². The van der Waals surface area contributed by atoms with E-state index in [9.17, 15) is 13.9 Å².